The molecule has 0 fully saturated rings. The van der Waals surface area contributed by atoms with Crippen molar-refractivity contribution in [2.75, 3.05) is 25.1 Å². The Hall–Kier alpha value is -1.49. The Morgan fingerprint density at radius 2 is 2.19 bits per heavy atom. The van der Waals surface area contributed by atoms with Crippen LogP contribution in [0.4, 0.5) is 5.95 Å². The van der Waals surface area contributed by atoms with Crippen molar-refractivity contribution in [3.63, 3.8) is 0 Å². The summed E-state index contributed by atoms with van der Waals surface area (Å²) in [5.41, 5.74) is 3.02. The topological polar surface area (TPSA) is 59.9 Å². The highest BCUT2D eigenvalue weighted by Gasteiger charge is 2.05. The molecule has 1 aromatic heterocycles. The maximum absolute atomic E-state index is 5.35. The van der Waals surface area contributed by atoms with E-state index in [9.17, 15) is 0 Å². The van der Waals surface area contributed by atoms with E-state index in [4.69, 9.17) is 4.74 Å². The quantitative estimate of drug-likeness (QED) is 0.777. The number of rotatable bonds is 3. The Bertz CT molecular complexity index is 403. The molecule has 1 N–H and O–H groups in total. The van der Waals surface area contributed by atoms with Gasteiger partial charge in [-0.3, -0.25) is 0 Å². The summed E-state index contributed by atoms with van der Waals surface area (Å²) >= 11 is 0. The molecular formula is C11H16N4O. The summed E-state index contributed by atoms with van der Waals surface area (Å²) in [6.07, 6.45) is 3.19. The summed E-state index contributed by atoms with van der Waals surface area (Å²) in [6.45, 7) is 6.08. The zero-order valence-electron chi connectivity index (χ0n) is 9.66. The molecule has 0 aliphatic carbocycles. The summed E-state index contributed by atoms with van der Waals surface area (Å²) in [6, 6.07) is 0. The van der Waals surface area contributed by atoms with Gasteiger partial charge in [-0.25, -0.2) is 4.98 Å². The van der Waals surface area contributed by atoms with Crippen LogP contribution >= 0.6 is 0 Å². The minimum absolute atomic E-state index is 0.578. The third-order valence-corrected chi connectivity index (χ3v) is 2.55. The Labute approximate surface area is 94.9 Å². The van der Waals surface area contributed by atoms with Gasteiger partial charge >= 0.3 is 0 Å². The first kappa shape index (κ1) is 11.0. The molecule has 0 unspecified atom stereocenters. The number of hydrogen-bond acceptors (Lipinski definition) is 5. The number of anilines is 1. The lowest BCUT2D eigenvalue weighted by atomic mass is 10.2. The fraction of sp³-hybridized carbons (Fsp3) is 0.545. The van der Waals surface area contributed by atoms with E-state index in [1.165, 1.54) is 5.57 Å². The molecule has 0 saturated carbocycles. The average molecular weight is 220 g/mol. The molecule has 0 amide bonds. The first-order chi connectivity index (χ1) is 7.75. The van der Waals surface area contributed by atoms with E-state index in [0.717, 1.165) is 31.0 Å². The van der Waals surface area contributed by atoms with Gasteiger partial charge in [-0.05, 0) is 25.8 Å². The van der Waals surface area contributed by atoms with Crippen LogP contribution in [0.1, 0.15) is 17.8 Å². The molecule has 0 spiro atoms. The van der Waals surface area contributed by atoms with Crippen LogP contribution in [0.2, 0.25) is 0 Å². The van der Waals surface area contributed by atoms with Crippen LogP contribution < -0.4 is 5.32 Å². The molecule has 1 aromatic rings. The average Bonchev–Trinajstić information content (AvgIpc) is 2.32. The van der Waals surface area contributed by atoms with Crippen LogP contribution in [0.15, 0.2) is 11.6 Å². The second kappa shape index (κ2) is 5.03. The zero-order valence-corrected chi connectivity index (χ0v) is 9.66. The van der Waals surface area contributed by atoms with Crippen LogP contribution in [0.5, 0.6) is 0 Å². The van der Waals surface area contributed by atoms with E-state index in [2.05, 4.69) is 26.6 Å². The smallest absolute Gasteiger partial charge is 0.243 e. The number of aryl methyl sites for hydroxylation is 2. The van der Waals surface area contributed by atoms with E-state index >= 15 is 0 Å². The molecule has 86 valence electrons. The lowest BCUT2D eigenvalue weighted by Crippen LogP contribution is -2.16. The summed E-state index contributed by atoms with van der Waals surface area (Å²) in [5, 5.41) is 11.1. The highest BCUT2D eigenvalue weighted by atomic mass is 16.5. The molecule has 5 heteroatoms. The normalized spacial score (nSPS) is 15.8. The van der Waals surface area contributed by atoms with Crippen molar-refractivity contribution in [1.82, 2.24) is 15.2 Å². The van der Waals surface area contributed by atoms with E-state index in [1.54, 1.807) is 0 Å². The van der Waals surface area contributed by atoms with Crippen LogP contribution in [0.25, 0.3) is 0 Å². The van der Waals surface area contributed by atoms with E-state index in [1.807, 2.05) is 13.8 Å². The highest BCUT2D eigenvalue weighted by Crippen LogP contribution is 2.07. The second-order valence-electron chi connectivity index (χ2n) is 3.86. The lowest BCUT2D eigenvalue weighted by Gasteiger charge is -2.14. The molecule has 16 heavy (non-hydrogen) atoms. The Balaban J connectivity index is 1.94. The molecule has 0 bridgehead atoms. The van der Waals surface area contributed by atoms with Gasteiger partial charge in [-0.2, -0.15) is 5.10 Å². The van der Waals surface area contributed by atoms with Gasteiger partial charge in [0.2, 0.25) is 5.95 Å². The predicted molar refractivity (Wildman–Crippen MR) is 61.3 cm³/mol. The standard InChI is InChI=1S/C11H16N4O/c1-8-9(2)14-15-11(13-8)12-6-10-4-3-5-16-7-10/h4H,3,5-7H2,1-2H3,(H,12,13,15). The van der Waals surface area contributed by atoms with Gasteiger partial charge in [-0.15, -0.1) is 5.10 Å². The second-order valence-corrected chi connectivity index (χ2v) is 3.86. The Morgan fingerprint density at radius 3 is 2.88 bits per heavy atom. The van der Waals surface area contributed by atoms with Crippen molar-refractivity contribution in [3.05, 3.63) is 23.0 Å². The van der Waals surface area contributed by atoms with Crippen molar-refractivity contribution < 1.29 is 4.74 Å². The third-order valence-electron chi connectivity index (χ3n) is 2.55. The summed E-state index contributed by atoms with van der Waals surface area (Å²) in [7, 11) is 0. The maximum atomic E-state index is 5.35. The lowest BCUT2D eigenvalue weighted by molar-refractivity contribution is 0.150. The number of nitrogens with one attached hydrogen (secondary N) is 1. The Kier molecular flexibility index (Phi) is 3.46. The third kappa shape index (κ3) is 2.76. The van der Waals surface area contributed by atoms with Crippen molar-refractivity contribution >= 4 is 5.95 Å². The van der Waals surface area contributed by atoms with Gasteiger partial charge in [-0.1, -0.05) is 6.08 Å². The largest absolute Gasteiger partial charge is 0.377 e. The molecule has 5 nitrogen and oxygen atoms in total. The van der Waals surface area contributed by atoms with Crippen LogP contribution in [-0.4, -0.2) is 34.9 Å². The van der Waals surface area contributed by atoms with Crippen LogP contribution in [0, 0.1) is 13.8 Å². The Morgan fingerprint density at radius 1 is 1.31 bits per heavy atom. The number of ether oxygens (including phenoxy) is 1. The summed E-state index contributed by atoms with van der Waals surface area (Å²) in [5.74, 6) is 0.578. The first-order valence-electron chi connectivity index (χ1n) is 5.43. The fourth-order valence-electron chi connectivity index (χ4n) is 1.46. The molecule has 0 aromatic carbocycles. The minimum atomic E-state index is 0.578. The van der Waals surface area contributed by atoms with Crippen LogP contribution in [-0.2, 0) is 4.74 Å². The van der Waals surface area contributed by atoms with Crippen molar-refractivity contribution in [2.45, 2.75) is 20.3 Å². The predicted octanol–water partition coefficient (Wildman–Crippen LogP) is 1.25. The zero-order chi connectivity index (χ0) is 11.4. The molecule has 0 atom stereocenters. The van der Waals surface area contributed by atoms with Gasteiger partial charge in [0, 0.05) is 6.54 Å². The fourth-order valence-corrected chi connectivity index (χ4v) is 1.46. The first-order valence-corrected chi connectivity index (χ1v) is 5.43. The van der Waals surface area contributed by atoms with Gasteiger partial charge in [0.05, 0.1) is 24.6 Å². The molecule has 1 aliphatic rings. The van der Waals surface area contributed by atoms with Crippen LogP contribution in [0.3, 0.4) is 0 Å². The maximum Gasteiger partial charge on any atom is 0.243 e. The minimum Gasteiger partial charge on any atom is -0.377 e. The van der Waals surface area contributed by atoms with Crippen molar-refractivity contribution in [3.8, 4) is 0 Å². The summed E-state index contributed by atoms with van der Waals surface area (Å²) < 4.78 is 5.35. The molecular weight excluding hydrogens is 204 g/mol. The molecule has 2 rings (SSSR count). The van der Waals surface area contributed by atoms with Gasteiger partial charge < -0.3 is 10.1 Å². The van der Waals surface area contributed by atoms with Gasteiger partial charge in [0.15, 0.2) is 0 Å². The molecule has 0 radical (unpaired) electrons. The van der Waals surface area contributed by atoms with E-state index in [-0.39, 0.29) is 0 Å². The van der Waals surface area contributed by atoms with Crippen molar-refractivity contribution in [2.24, 2.45) is 0 Å². The van der Waals surface area contributed by atoms with E-state index < -0.39 is 0 Å². The molecule has 2 heterocycles. The summed E-state index contributed by atoms with van der Waals surface area (Å²) in [4.78, 5) is 4.30. The SMILES string of the molecule is Cc1nnc(NCC2=CCCOC2)nc1C. The van der Waals surface area contributed by atoms with Gasteiger partial charge in [0.25, 0.3) is 0 Å². The van der Waals surface area contributed by atoms with Gasteiger partial charge in [0.1, 0.15) is 0 Å². The van der Waals surface area contributed by atoms with E-state index in [0.29, 0.717) is 12.6 Å². The number of hydrogen-bond donors (Lipinski definition) is 1. The number of nitrogens with zero attached hydrogens (tertiary/aromatic N) is 3. The number of aromatic nitrogens is 3. The molecule has 0 saturated heterocycles. The molecule has 1 aliphatic heterocycles. The highest BCUT2D eigenvalue weighted by molar-refractivity contribution is 5.28. The van der Waals surface area contributed by atoms with Crippen molar-refractivity contribution in [1.29, 1.82) is 0 Å². The monoisotopic (exact) mass is 220 g/mol.